The minimum absolute atomic E-state index is 0.175. The molecule has 3 aliphatic rings. The van der Waals surface area contributed by atoms with Crippen LogP contribution in [0.5, 0.6) is 0 Å². The Hall–Kier alpha value is -2.40. The van der Waals surface area contributed by atoms with Crippen molar-refractivity contribution >= 4 is 33.8 Å². The average molecular weight is 513 g/mol. The Morgan fingerprint density at radius 1 is 1.14 bits per heavy atom. The van der Waals surface area contributed by atoms with Gasteiger partial charge in [0.15, 0.2) is 10.7 Å². The van der Waals surface area contributed by atoms with Gasteiger partial charge in [-0.1, -0.05) is 0 Å². The highest BCUT2D eigenvalue weighted by Gasteiger charge is 2.41. The van der Waals surface area contributed by atoms with Gasteiger partial charge in [0.2, 0.25) is 0 Å². The molecule has 6 rings (SSSR count). The SMILES string of the molecule is CC(C)(C)N1Cc2cc(Nc3nn(C4CCC(N5CC(F)C5)CC4)c4cc[nH]c(=O)c34)ccc2[S+]1[O-]. The minimum Gasteiger partial charge on any atom is -0.593 e. The molecule has 192 valence electrons. The fourth-order valence-electron chi connectivity index (χ4n) is 5.79. The number of anilines is 2. The third-order valence-electron chi connectivity index (χ3n) is 7.80. The standard InChI is InChI=1S/C26H33FN6O2S/c1-26(2,3)32-13-16-12-18(4-9-22(16)36(32)35)29-24-23-21(10-11-28-25(23)34)33(30-24)20-7-5-19(6-8-20)31-14-17(27)15-31/h4,9-12,17,19-20H,5-8,13-15H2,1-3H3,(H,28,34)(H,29,30). The number of hydrogen-bond donors (Lipinski definition) is 2. The van der Waals surface area contributed by atoms with E-state index in [-0.39, 0.29) is 17.1 Å². The van der Waals surface area contributed by atoms with E-state index in [0.717, 1.165) is 47.3 Å². The van der Waals surface area contributed by atoms with Crippen LogP contribution in [0.25, 0.3) is 10.9 Å². The molecule has 1 unspecified atom stereocenters. The summed E-state index contributed by atoms with van der Waals surface area (Å²) in [6.07, 6.45) is 4.93. The Kier molecular flexibility index (Phi) is 5.90. The molecule has 2 aromatic heterocycles. The van der Waals surface area contributed by atoms with E-state index >= 15 is 0 Å². The summed E-state index contributed by atoms with van der Waals surface area (Å²) in [5, 5.41) is 8.81. The summed E-state index contributed by atoms with van der Waals surface area (Å²) in [7, 11) is 0. The molecule has 2 N–H and O–H groups in total. The molecule has 0 spiro atoms. The van der Waals surface area contributed by atoms with Crippen LogP contribution in [-0.4, -0.2) is 59.4 Å². The number of nitrogens with one attached hydrogen (secondary N) is 2. The number of H-pyrrole nitrogens is 1. The maximum atomic E-state index is 13.3. The van der Waals surface area contributed by atoms with Crippen molar-refractivity contribution < 1.29 is 8.94 Å². The fraction of sp³-hybridized carbons (Fsp3) is 0.538. The predicted octanol–water partition coefficient (Wildman–Crippen LogP) is 4.24. The number of aromatic amines is 1. The molecule has 8 nitrogen and oxygen atoms in total. The van der Waals surface area contributed by atoms with Crippen molar-refractivity contribution in [2.45, 2.75) is 81.7 Å². The fourth-order valence-corrected chi connectivity index (χ4v) is 7.32. The second-order valence-electron chi connectivity index (χ2n) is 11.3. The molecule has 1 saturated carbocycles. The summed E-state index contributed by atoms with van der Waals surface area (Å²) in [5.74, 6) is 0.531. The van der Waals surface area contributed by atoms with Gasteiger partial charge in [0.1, 0.15) is 11.6 Å². The van der Waals surface area contributed by atoms with Crippen LogP contribution in [0.15, 0.2) is 40.2 Å². The highest BCUT2D eigenvalue weighted by Crippen LogP contribution is 2.39. The van der Waals surface area contributed by atoms with E-state index in [9.17, 15) is 13.7 Å². The number of hydrogen-bond acceptors (Lipinski definition) is 6. The van der Waals surface area contributed by atoms with Crippen molar-refractivity contribution in [1.29, 1.82) is 0 Å². The first-order valence-corrected chi connectivity index (χ1v) is 13.9. The molecule has 0 radical (unpaired) electrons. The largest absolute Gasteiger partial charge is 0.593 e. The molecule has 1 aromatic carbocycles. The van der Waals surface area contributed by atoms with Gasteiger partial charge in [-0.3, -0.25) is 14.4 Å². The third kappa shape index (κ3) is 4.13. The topological polar surface area (TPSA) is 92.2 Å². The van der Waals surface area contributed by atoms with Gasteiger partial charge in [0.25, 0.3) is 5.56 Å². The number of likely N-dealkylation sites (tertiary alicyclic amines) is 1. The van der Waals surface area contributed by atoms with Crippen molar-refractivity contribution in [2.24, 2.45) is 0 Å². The van der Waals surface area contributed by atoms with E-state index in [1.165, 1.54) is 0 Å². The molecular formula is C26H33FN6O2S. The predicted molar refractivity (Wildman–Crippen MR) is 140 cm³/mol. The van der Waals surface area contributed by atoms with Crippen molar-refractivity contribution in [3.63, 3.8) is 0 Å². The Labute approximate surface area is 213 Å². The molecule has 0 bridgehead atoms. The van der Waals surface area contributed by atoms with Crippen LogP contribution in [-0.2, 0) is 17.9 Å². The summed E-state index contributed by atoms with van der Waals surface area (Å²) < 4.78 is 30.2. The van der Waals surface area contributed by atoms with E-state index in [0.29, 0.717) is 36.9 Å². The van der Waals surface area contributed by atoms with Crippen LogP contribution in [0.3, 0.4) is 0 Å². The van der Waals surface area contributed by atoms with Crippen molar-refractivity contribution in [1.82, 2.24) is 24.0 Å². The number of fused-ring (bicyclic) bond motifs is 2. The van der Waals surface area contributed by atoms with Crippen LogP contribution in [0.4, 0.5) is 15.9 Å². The highest BCUT2D eigenvalue weighted by atomic mass is 32.2. The molecule has 3 aromatic rings. The van der Waals surface area contributed by atoms with Gasteiger partial charge in [-0.05, 0) is 70.7 Å². The van der Waals surface area contributed by atoms with Gasteiger partial charge >= 0.3 is 0 Å². The molecule has 1 aliphatic carbocycles. The van der Waals surface area contributed by atoms with Gasteiger partial charge in [-0.25, -0.2) is 4.39 Å². The van der Waals surface area contributed by atoms with Crippen molar-refractivity contribution in [2.75, 3.05) is 18.4 Å². The van der Waals surface area contributed by atoms with Crippen LogP contribution >= 0.6 is 0 Å². The molecule has 36 heavy (non-hydrogen) atoms. The second-order valence-corrected chi connectivity index (χ2v) is 12.7. The van der Waals surface area contributed by atoms with Gasteiger partial charge in [0, 0.05) is 36.6 Å². The molecule has 1 saturated heterocycles. The Bertz CT molecular complexity index is 1340. The Balaban J connectivity index is 1.26. The summed E-state index contributed by atoms with van der Waals surface area (Å²) >= 11 is -1.18. The van der Waals surface area contributed by atoms with Gasteiger partial charge in [0.05, 0.1) is 35.0 Å². The molecule has 10 heteroatoms. The summed E-state index contributed by atoms with van der Waals surface area (Å²) in [5.41, 5.74) is 2.27. The monoisotopic (exact) mass is 512 g/mol. The molecule has 1 atom stereocenters. The lowest BCUT2D eigenvalue weighted by Gasteiger charge is -2.43. The number of nitrogens with zero attached hydrogens (tertiary/aromatic N) is 4. The Morgan fingerprint density at radius 2 is 1.86 bits per heavy atom. The molecule has 2 aliphatic heterocycles. The van der Waals surface area contributed by atoms with E-state index < -0.39 is 17.5 Å². The molecule has 2 fully saturated rings. The lowest BCUT2D eigenvalue weighted by Crippen LogP contribution is -2.54. The first-order chi connectivity index (χ1) is 17.2. The third-order valence-corrected chi connectivity index (χ3v) is 9.65. The maximum absolute atomic E-state index is 13.3. The van der Waals surface area contributed by atoms with Crippen LogP contribution in [0.1, 0.15) is 58.1 Å². The number of alkyl halides is 1. The summed E-state index contributed by atoms with van der Waals surface area (Å²) in [6, 6.07) is 8.38. The van der Waals surface area contributed by atoms with Crippen molar-refractivity contribution in [3.05, 3.63) is 46.4 Å². The van der Waals surface area contributed by atoms with Crippen molar-refractivity contribution in [3.8, 4) is 0 Å². The lowest BCUT2D eigenvalue weighted by atomic mass is 9.88. The highest BCUT2D eigenvalue weighted by molar-refractivity contribution is 7.89. The van der Waals surface area contributed by atoms with Crippen LogP contribution in [0.2, 0.25) is 0 Å². The summed E-state index contributed by atoms with van der Waals surface area (Å²) in [6.45, 7) is 7.93. The second kappa shape index (κ2) is 8.86. The van der Waals surface area contributed by atoms with Gasteiger partial charge < -0.3 is 14.9 Å². The number of pyridine rings is 1. The average Bonchev–Trinajstić information content (AvgIpc) is 3.36. The minimum atomic E-state index is -1.18. The smallest absolute Gasteiger partial charge is 0.261 e. The Morgan fingerprint density at radius 3 is 2.56 bits per heavy atom. The number of aromatic nitrogens is 3. The zero-order valence-electron chi connectivity index (χ0n) is 21.0. The quantitative estimate of drug-likeness (QED) is 0.508. The first-order valence-electron chi connectivity index (χ1n) is 12.8. The lowest BCUT2D eigenvalue weighted by molar-refractivity contribution is 0.00876. The van der Waals surface area contributed by atoms with Crippen LogP contribution in [0, 0.1) is 0 Å². The zero-order valence-corrected chi connectivity index (χ0v) is 21.8. The van der Waals surface area contributed by atoms with E-state index in [2.05, 4.69) is 36.0 Å². The number of rotatable bonds is 4. The van der Waals surface area contributed by atoms with Gasteiger partial charge in [-0.2, -0.15) is 5.10 Å². The first kappa shape index (κ1) is 24.0. The summed E-state index contributed by atoms with van der Waals surface area (Å²) in [4.78, 5) is 18.7. The molecular weight excluding hydrogens is 479 g/mol. The van der Waals surface area contributed by atoms with Crippen LogP contribution < -0.4 is 10.9 Å². The number of benzene rings is 1. The van der Waals surface area contributed by atoms with E-state index in [4.69, 9.17) is 5.10 Å². The van der Waals surface area contributed by atoms with E-state index in [1.807, 2.05) is 33.3 Å². The van der Waals surface area contributed by atoms with E-state index in [1.54, 1.807) is 6.20 Å². The molecule has 4 heterocycles. The van der Waals surface area contributed by atoms with Gasteiger partial charge in [-0.15, -0.1) is 4.31 Å². The molecule has 0 amide bonds. The zero-order chi connectivity index (χ0) is 25.2. The normalized spacial score (nSPS) is 25.8. The maximum Gasteiger partial charge on any atom is 0.261 e. The number of halogens is 1.